The van der Waals surface area contributed by atoms with E-state index in [9.17, 15) is 0 Å². The van der Waals surface area contributed by atoms with Crippen LogP contribution in [0, 0.1) is 13.8 Å². The lowest BCUT2D eigenvalue weighted by molar-refractivity contribution is -0.0393. The van der Waals surface area contributed by atoms with Crippen molar-refractivity contribution < 1.29 is 9.47 Å². The van der Waals surface area contributed by atoms with Gasteiger partial charge in [0.05, 0.1) is 25.9 Å². The zero-order valence-corrected chi connectivity index (χ0v) is 13.0. The van der Waals surface area contributed by atoms with Crippen LogP contribution in [0.2, 0.25) is 0 Å². The van der Waals surface area contributed by atoms with E-state index in [1.807, 2.05) is 0 Å². The Morgan fingerprint density at radius 1 is 1.40 bits per heavy atom. The van der Waals surface area contributed by atoms with Crippen molar-refractivity contribution in [3.8, 4) is 5.75 Å². The van der Waals surface area contributed by atoms with Crippen LogP contribution in [0.25, 0.3) is 0 Å². The molecule has 0 spiro atoms. The summed E-state index contributed by atoms with van der Waals surface area (Å²) < 4.78 is 11.2. The lowest BCUT2D eigenvalue weighted by Gasteiger charge is -2.35. The summed E-state index contributed by atoms with van der Waals surface area (Å²) in [6, 6.07) is 4.10. The third-order valence-electron chi connectivity index (χ3n) is 4.17. The Bertz CT molecular complexity index is 462. The molecular weight excluding hydrogens is 252 g/mol. The van der Waals surface area contributed by atoms with Gasteiger partial charge in [-0.1, -0.05) is 13.0 Å². The number of rotatable bonds is 4. The molecule has 1 heterocycles. The predicted molar refractivity (Wildman–Crippen MR) is 81.3 cm³/mol. The summed E-state index contributed by atoms with van der Waals surface area (Å²) in [5, 5.41) is 0. The smallest absolute Gasteiger partial charge is 0.122 e. The molecule has 2 N–H and O–H groups in total. The van der Waals surface area contributed by atoms with Gasteiger partial charge in [-0.3, -0.25) is 4.90 Å². The molecule has 112 valence electrons. The highest BCUT2D eigenvalue weighted by Gasteiger charge is 2.27. The molecule has 0 aliphatic carbocycles. The van der Waals surface area contributed by atoms with Crippen LogP contribution in [0.15, 0.2) is 12.1 Å². The van der Waals surface area contributed by atoms with Crippen LogP contribution in [0.1, 0.15) is 29.7 Å². The van der Waals surface area contributed by atoms with Crippen molar-refractivity contribution in [3.63, 3.8) is 0 Å². The minimum absolute atomic E-state index is 0.0650. The van der Waals surface area contributed by atoms with Crippen LogP contribution in [0.4, 0.5) is 0 Å². The summed E-state index contributed by atoms with van der Waals surface area (Å²) in [5.41, 5.74) is 9.90. The molecule has 2 unspecified atom stereocenters. The summed E-state index contributed by atoms with van der Waals surface area (Å²) in [7, 11) is 1.70. The quantitative estimate of drug-likeness (QED) is 0.915. The number of morpholine rings is 1. The molecule has 1 saturated heterocycles. The summed E-state index contributed by atoms with van der Waals surface area (Å²) in [6.45, 7) is 10.0. The second-order valence-electron chi connectivity index (χ2n) is 5.51. The van der Waals surface area contributed by atoms with Gasteiger partial charge in [0.1, 0.15) is 5.75 Å². The number of methoxy groups -OCH3 is 1. The van der Waals surface area contributed by atoms with Crippen LogP contribution < -0.4 is 10.5 Å². The fraction of sp³-hybridized carbons (Fsp3) is 0.625. The Morgan fingerprint density at radius 2 is 2.15 bits per heavy atom. The molecular formula is C16H26N2O2. The van der Waals surface area contributed by atoms with E-state index >= 15 is 0 Å². The van der Waals surface area contributed by atoms with E-state index in [0.717, 1.165) is 48.7 Å². The van der Waals surface area contributed by atoms with Gasteiger partial charge in [-0.15, -0.1) is 0 Å². The highest BCUT2D eigenvalue weighted by molar-refractivity contribution is 5.43. The van der Waals surface area contributed by atoms with Crippen LogP contribution >= 0.6 is 0 Å². The molecule has 0 saturated carbocycles. The van der Waals surface area contributed by atoms with Gasteiger partial charge in [-0.05, 0) is 43.1 Å². The first-order valence-electron chi connectivity index (χ1n) is 7.31. The largest absolute Gasteiger partial charge is 0.496 e. The van der Waals surface area contributed by atoms with E-state index in [2.05, 4.69) is 37.8 Å². The molecule has 4 nitrogen and oxygen atoms in total. The molecule has 1 aliphatic rings. The molecule has 1 aliphatic heterocycles. The first kappa shape index (κ1) is 15.3. The molecule has 1 aromatic rings. The maximum absolute atomic E-state index is 6.46. The van der Waals surface area contributed by atoms with Gasteiger partial charge < -0.3 is 15.2 Å². The monoisotopic (exact) mass is 278 g/mol. The second-order valence-corrected chi connectivity index (χ2v) is 5.51. The molecule has 1 fully saturated rings. The highest BCUT2D eigenvalue weighted by atomic mass is 16.5. The normalized spacial score (nSPS) is 21.8. The highest BCUT2D eigenvalue weighted by Crippen LogP contribution is 2.28. The molecule has 0 radical (unpaired) electrons. The van der Waals surface area contributed by atoms with E-state index in [0.29, 0.717) is 0 Å². The molecule has 20 heavy (non-hydrogen) atoms. The number of likely N-dealkylation sites (N-methyl/N-ethyl adjacent to an activating group) is 1. The van der Waals surface area contributed by atoms with Crippen LogP contribution in [-0.4, -0.2) is 44.4 Å². The van der Waals surface area contributed by atoms with Crippen LogP contribution in [-0.2, 0) is 4.74 Å². The standard InChI is InChI=1S/C16H26N2O2/c1-5-18-6-7-20-15(10-18)16(17)13-8-12(3)14(19-4)9-11(13)2/h8-9,15-16H,5-7,10,17H2,1-4H3. The van der Waals surface area contributed by atoms with E-state index in [4.69, 9.17) is 15.2 Å². The van der Waals surface area contributed by atoms with Gasteiger partial charge in [-0.2, -0.15) is 0 Å². The summed E-state index contributed by atoms with van der Waals surface area (Å²) in [6.07, 6.45) is 0.0650. The fourth-order valence-electron chi connectivity index (χ4n) is 2.83. The number of hydrogen-bond acceptors (Lipinski definition) is 4. The van der Waals surface area contributed by atoms with Crippen molar-refractivity contribution in [1.29, 1.82) is 0 Å². The molecule has 4 heteroatoms. The lowest BCUT2D eigenvalue weighted by Crippen LogP contribution is -2.47. The number of hydrogen-bond donors (Lipinski definition) is 1. The maximum Gasteiger partial charge on any atom is 0.122 e. The summed E-state index contributed by atoms with van der Waals surface area (Å²) in [5.74, 6) is 0.915. The van der Waals surface area contributed by atoms with Crippen molar-refractivity contribution in [2.45, 2.75) is 32.9 Å². The summed E-state index contributed by atoms with van der Waals surface area (Å²) >= 11 is 0. The zero-order valence-electron chi connectivity index (χ0n) is 13.0. The van der Waals surface area contributed by atoms with Gasteiger partial charge in [0.25, 0.3) is 0 Å². The minimum Gasteiger partial charge on any atom is -0.496 e. The Hall–Kier alpha value is -1.10. The third kappa shape index (κ3) is 3.14. The average Bonchev–Trinajstić information content (AvgIpc) is 2.48. The fourth-order valence-corrected chi connectivity index (χ4v) is 2.83. The van der Waals surface area contributed by atoms with E-state index in [-0.39, 0.29) is 12.1 Å². The van der Waals surface area contributed by atoms with E-state index in [1.54, 1.807) is 7.11 Å². The molecule has 0 amide bonds. The Balaban J connectivity index is 2.20. The third-order valence-corrected chi connectivity index (χ3v) is 4.17. The van der Waals surface area contributed by atoms with Crippen molar-refractivity contribution in [3.05, 3.63) is 28.8 Å². The maximum atomic E-state index is 6.46. The number of nitrogens with zero attached hydrogens (tertiary/aromatic N) is 1. The molecule has 2 atom stereocenters. The molecule has 0 aromatic heterocycles. The average molecular weight is 278 g/mol. The number of nitrogens with two attached hydrogens (primary N) is 1. The second kappa shape index (κ2) is 6.57. The first-order valence-corrected chi connectivity index (χ1v) is 7.31. The zero-order chi connectivity index (χ0) is 14.7. The van der Waals surface area contributed by atoms with Crippen molar-refractivity contribution in [2.75, 3.05) is 33.4 Å². The van der Waals surface area contributed by atoms with E-state index < -0.39 is 0 Å². The Kier molecular flexibility index (Phi) is 5.02. The number of benzene rings is 1. The van der Waals surface area contributed by atoms with Crippen molar-refractivity contribution >= 4 is 0 Å². The number of ether oxygens (including phenoxy) is 2. The van der Waals surface area contributed by atoms with Gasteiger partial charge >= 0.3 is 0 Å². The van der Waals surface area contributed by atoms with Gasteiger partial charge in [0.2, 0.25) is 0 Å². The SMILES string of the molecule is CCN1CCOC(C(N)c2cc(C)c(OC)cc2C)C1. The Morgan fingerprint density at radius 3 is 2.80 bits per heavy atom. The van der Waals surface area contributed by atoms with Gasteiger partial charge in [0.15, 0.2) is 0 Å². The lowest BCUT2D eigenvalue weighted by atomic mass is 9.94. The molecule has 1 aromatic carbocycles. The minimum atomic E-state index is -0.0889. The molecule has 2 rings (SSSR count). The van der Waals surface area contributed by atoms with Gasteiger partial charge in [-0.25, -0.2) is 0 Å². The first-order chi connectivity index (χ1) is 9.56. The summed E-state index contributed by atoms with van der Waals surface area (Å²) in [4.78, 5) is 2.39. The topological polar surface area (TPSA) is 47.7 Å². The van der Waals surface area contributed by atoms with E-state index in [1.165, 1.54) is 0 Å². The molecule has 0 bridgehead atoms. The predicted octanol–water partition coefficient (Wildman–Crippen LogP) is 2.03. The van der Waals surface area contributed by atoms with Crippen molar-refractivity contribution in [1.82, 2.24) is 4.90 Å². The van der Waals surface area contributed by atoms with Crippen molar-refractivity contribution in [2.24, 2.45) is 5.73 Å². The van der Waals surface area contributed by atoms with Crippen LogP contribution in [0.5, 0.6) is 5.75 Å². The van der Waals surface area contributed by atoms with Crippen LogP contribution in [0.3, 0.4) is 0 Å². The Labute approximate surface area is 121 Å². The van der Waals surface area contributed by atoms with Gasteiger partial charge in [0, 0.05) is 13.1 Å². The number of aryl methyl sites for hydroxylation is 2.